The standard InChI is InChI=1S/C17H26N4O4/c1-4-24-10-9-21-14(11-13(2)18-21)15(22)20-7-5-17(6-8-20)12-19(3)16(23)25-17/h11H,4-10,12H2,1-3H3. The zero-order valence-corrected chi connectivity index (χ0v) is 15.2. The third-order valence-corrected chi connectivity index (χ3v) is 4.88. The number of rotatable bonds is 5. The van der Waals surface area contributed by atoms with E-state index in [0.29, 0.717) is 57.9 Å². The molecule has 1 aromatic heterocycles. The van der Waals surface area contributed by atoms with Gasteiger partial charge < -0.3 is 19.3 Å². The summed E-state index contributed by atoms with van der Waals surface area (Å²) in [6.45, 7) is 7.31. The summed E-state index contributed by atoms with van der Waals surface area (Å²) in [6, 6.07) is 1.82. The predicted octanol–water partition coefficient (Wildman–Crippen LogP) is 1.28. The molecule has 3 heterocycles. The first-order valence-corrected chi connectivity index (χ1v) is 8.80. The summed E-state index contributed by atoms with van der Waals surface area (Å²) < 4.78 is 12.6. The van der Waals surface area contributed by atoms with Gasteiger partial charge in [0.2, 0.25) is 0 Å². The van der Waals surface area contributed by atoms with Crippen LogP contribution < -0.4 is 0 Å². The van der Waals surface area contributed by atoms with E-state index in [0.717, 1.165) is 5.69 Å². The van der Waals surface area contributed by atoms with Gasteiger partial charge in [0.15, 0.2) is 0 Å². The van der Waals surface area contributed by atoms with Crippen LogP contribution in [0.25, 0.3) is 0 Å². The SMILES string of the molecule is CCOCCn1nc(C)cc1C(=O)N1CCC2(CC1)CN(C)C(=O)O2. The topological polar surface area (TPSA) is 76.9 Å². The summed E-state index contributed by atoms with van der Waals surface area (Å²) in [4.78, 5) is 28.0. The van der Waals surface area contributed by atoms with Crippen LogP contribution in [-0.2, 0) is 16.0 Å². The molecule has 2 aliphatic rings. The minimum Gasteiger partial charge on any atom is -0.441 e. The molecule has 1 spiro atoms. The predicted molar refractivity (Wildman–Crippen MR) is 90.4 cm³/mol. The van der Waals surface area contributed by atoms with Crippen LogP contribution in [0.3, 0.4) is 0 Å². The molecule has 8 heteroatoms. The lowest BCUT2D eigenvalue weighted by Crippen LogP contribution is -2.49. The molecule has 25 heavy (non-hydrogen) atoms. The van der Waals surface area contributed by atoms with E-state index in [9.17, 15) is 9.59 Å². The fourth-order valence-electron chi connectivity index (χ4n) is 3.52. The molecule has 0 aromatic carbocycles. The van der Waals surface area contributed by atoms with E-state index in [1.165, 1.54) is 0 Å². The highest BCUT2D eigenvalue weighted by Gasteiger charge is 2.46. The maximum Gasteiger partial charge on any atom is 0.410 e. The first-order valence-electron chi connectivity index (χ1n) is 8.80. The van der Waals surface area contributed by atoms with E-state index in [1.807, 2.05) is 24.8 Å². The van der Waals surface area contributed by atoms with Crippen LogP contribution in [0.15, 0.2) is 6.07 Å². The van der Waals surface area contributed by atoms with Crippen LogP contribution in [0.5, 0.6) is 0 Å². The fourth-order valence-corrected chi connectivity index (χ4v) is 3.52. The van der Waals surface area contributed by atoms with Gasteiger partial charge in [-0.25, -0.2) is 4.79 Å². The van der Waals surface area contributed by atoms with Gasteiger partial charge in [0, 0.05) is 39.6 Å². The van der Waals surface area contributed by atoms with Crippen molar-refractivity contribution in [2.75, 3.05) is 39.9 Å². The smallest absolute Gasteiger partial charge is 0.410 e. The molecule has 0 atom stereocenters. The zero-order valence-electron chi connectivity index (χ0n) is 15.2. The van der Waals surface area contributed by atoms with Crippen LogP contribution in [-0.4, -0.2) is 77.1 Å². The fraction of sp³-hybridized carbons (Fsp3) is 0.706. The Balaban J connectivity index is 1.64. The van der Waals surface area contributed by atoms with Crippen LogP contribution in [0.4, 0.5) is 4.79 Å². The van der Waals surface area contributed by atoms with Gasteiger partial charge in [0.1, 0.15) is 11.3 Å². The van der Waals surface area contributed by atoms with Gasteiger partial charge in [-0.3, -0.25) is 9.48 Å². The number of nitrogens with zero attached hydrogens (tertiary/aromatic N) is 4. The minimum atomic E-state index is -0.437. The highest BCUT2D eigenvalue weighted by molar-refractivity contribution is 5.92. The van der Waals surface area contributed by atoms with E-state index >= 15 is 0 Å². The lowest BCUT2D eigenvalue weighted by molar-refractivity contribution is 0.00279. The monoisotopic (exact) mass is 350 g/mol. The van der Waals surface area contributed by atoms with Gasteiger partial charge in [-0.05, 0) is 19.9 Å². The van der Waals surface area contributed by atoms with Crippen LogP contribution in [0.1, 0.15) is 35.9 Å². The van der Waals surface area contributed by atoms with Gasteiger partial charge in [0.05, 0.1) is 25.4 Å². The third kappa shape index (κ3) is 3.63. The largest absolute Gasteiger partial charge is 0.441 e. The summed E-state index contributed by atoms with van der Waals surface area (Å²) in [6.07, 6.45) is 1.06. The molecule has 3 rings (SSSR count). The second-order valence-electron chi connectivity index (χ2n) is 6.79. The molecule has 1 aromatic rings. The van der Waals surface area contributed by atoms with Gasteiger partial charge >= 0.3 is 6.09 Å². The number of hydrogen-bond acceptors (Lipinski definition) is 5. The number of aromatic nitrogens is 2. The Labute approximate surface area is 147 Å². The lowest BCUT2D eigenvalue weighted by atomic mass is 9.91. The van der Waals surface area contributed by atoms with Gasteiger partial charge in [-0.1, -0.05) is 0 Å². The number of aryl methyl sites for hydroxylation is 1. The van der Waals surface area contributed by atoms with Gasteiger partial charge in [0.25, 0.3) is 5.91 Å². The van der Waals surface area contributed by atoms with E-state index in [2.05, 4.69) is 5.10 Å². The highest BCUT2D eigenvalue weighted by Crippen LogP contribution is 2.32. The molecule has 2 aliphatic heterocycles. The molecule has 0 unspecified atom stereocenters. The molecule has 0 N–H and O–H groups in total. The normalized spacial score (nSPS) is 19.6. The molecular weight excluding hydrogens is 324 g/mol. The summed E-state index contributed by atoms with van der Waals surface area (Å²) in [5, 5.41) is 4.40. The molecule has 8 nitrogen and oxygen atoms in total. The maximum absolute atomic E-state index is 12.9. The second-order valence-corrected chi connectivity index (χ2v) is 6.79. The van der Waals surface area contributed by atoms with Crippen molar-refractivity contribution in [1.82, 2.24) is 19.6 Å². The van der Waals surface area contributed by atoms with E-state index in [-0.39, 0.29) is 12.0 Å². The van der Waals surface area contributed by atoms with Crippen LogP contribution in [0, 0.1) is 6.92 Å². The average molecular weight is 350 g/mol. The molecular formula is C17H26N4O4. The van der Waals surface area contributed by atoms with Crippen molar-refractivity contribution in [3.8, 4) is 0 Å². The number of carbonyl (C=O) groups excluding carboxylic acids is 2. The molecule has 0 saturated carbocycles. The first kappa shape index (κ1) is 17.7. The summed E-state index contributed by atoms with van der Waals surface area (Å²) in [5.74, 6) is -0.0235. The Morgan fingerprint density at radius 2 is 2.12 bits per heavy atom. The number of carbonyl (C=O) groups is 2. The Hall–Kier alpha value is -2.09. The lowest BCUT2D eigenvalue weighted by Gasteiger charge is -2.37. The summed E-state index contributed by atoms with van der Waals surface area (Å²) in [5.41, 5.74) is 0.974. The van der Waals surface area contributed by atoms with Gasteiger partial charge in [-0.2, -0.15) is 5.10 Å². The Bertz CT molecular complexity index is 649. The first-order chi connectivity index (χ1) is 11.9. The number of hydrogen-bond donors (Lipinski definition) is 0. The molecule has 2 saturated heterocycles. The van der Waals surface area contributed by atoms with Crippen molar-refractivity contribution in [2.45, 2.75) is 38.8 Å². The molecule has 2 fully saturated rings. The van der Waals surface area contributed by atoms with Crippen molar-refractivity contribution < 1.29 is 19.1 Å². The Kier molecular flexibility index (Phi) is 4.99. The number of ether oxygens (including phenoxy) is 2. The summed E-state index contributed by atoms with van der Waals surface area (Å²) in [7, 11) is 1.74. The van der Waals surface area contributed by atoms with E-state index < -0.39 is 5.60 Å². The maximum atomic E-state index is 12.9. The van der Waals surface area contributed by atoms with Crippen LogP contribution in [0.2, 0.25) is 0 Å². The zero-order chi connectivity index (χ0) is 18.0. The minimum absolute atomic E-state index is 0.0235. The van der Waals surface area contributed by atoms with E-state index in [1.54, 1.807) is 16.6 Å². The average Bonchev–Trinajstić information content (AvgIpc) is 3.08. The number of likely N-dealkylation sites (tertiary alicyclic amines) is 1. The van der Waals surface area contributed by atoms with Crippen molar-refractivity contribution in [3.05, 3.63) is 17.5 Å². The quantitative estimate of drug-likeness (QED) is 0.748. The number of likely N-dealkylation sites (N-methyl/N-ethyl adjacent to an activating group) is 1. The molecule has 0 aliphatic carbocycles. The third-order valence-electron chi connectivity index (χ3n) is 4.88. The Morgan fingerprint density at radius 3 is 2.72 bits per heavy atom. The molecule has 0 bridgehead atoms. The second kappa shape index (κ2) is 7.03. The summed E-state index contributed by atoms with van der Waals surface area (Å²) >= 11 is 0. The Morgan fingerprint density at radius 1 is 1.40 bits per heavy atom. The van der Waals surface area contributed by atoms with E-state index in [4.69, 9.17) is 9.47 Å². The van der Waals surface area contributed by atoms with Gasteiger partial charge in [-0.15, -0.1) is 0 Å². The van der Waals surface area contributed by atoms with Crippen molar-refractivity contribution in [3.63, 3.8) is 0 Å². The number of amides is 2. The number of piperidine rings is 1. The van der Waals surface area contributed by atoms with Crippen LogP contribution >= 0.6 is 0 Å². The highest BCUT2D eigenvalue weighted by atomic mass is 16.6. The molecule has 0 radical (unpaired) electrons. The van der Waals surface area contributed by atoms with Crippen molar-refractivity contribution in [2.24, 2.45) is 0 Å². The van der Waals surface area contributed by atoms with Crippen molar-refractivity contribution >= 4 is 12.0 Å². The van der Waals surface area contributed by atoms with Crippen molar-refractivity contribution in [1.29, 1.82) is 0 Å². The molecule has 138 valence electrons. The molecule has 2 amide bonds.